The first-order valence-electron chi connectivity index (χ1n) is 10.7. The molecule has 0 saturated heterocycles. The standard InChI is InChI=1S/C25H20N4O5S/c1-15(35-24-25(31)34-28-29(24)18-11-13-19(32-2)14-12-18)22(30)26-17-9-7-16(8-10-17)23-27-20-5-3-4-6-21(20)33-23/h3-15H,1-2H3,(H-,26,27,28,30,31). The van der Waals surface area contributed by atoms with E-state index in [1.165, 1.54) is 4.68 Å². The Bertz CT molecular complexity index is 1450. The molecule has 176 valence electrons. The van der Waals surface area contributed by atoms with Crippen LogP contribution in [0.5, 0.6) is 11.7 Å². The zero-order chi connectivity index (χ0) is 24.4. The molecule has 0 saturated carbocycles. The summed E-state index contributed by atoms with van der Waals surface area (Å²) in [4.78, 5) is 17.3. The molecule has 0 fully saturated rings. The van der Waals surface area contributed by atoms with Crippen molar-refractivity contribution in [2.45, 2.75) is 17.2 Å². The van der Waals surface area contributed by atoms with Gasteiger partial charge in [0.1, 0.15) is 11.3 Å². The lowest BCUT2D eigenvalue weighted by atomic mass is 10.2. The fraction of sp³-hybridized carbons (Fsp3) is 0.120. The molecule has 0 aliphatic carbocycles. The van der Waals surface area contributed by atoms with Crippen LogP contribution in [0.25, 0.3) is 28.2 Å². The van der Waals surface area contributed by atoms with Gasteiger partial charge in [0.25, 0.3) is 5.03 Å². The van der Waals surface area contributed by atoms with Crippen LogP contribution in [0.4, 0.5) is 5.69 Å². The van der Waals surface area contributed by atoms with Crippen LogP contribution < -0.4 is 19.8 Å². The summed E-state index contributed by atoms with van der Waals surface area (Å²) in [6.45, 7) is 1.71. The number of thioether (sulfide) groups is 1. The van der Waals surface area contributed by atoms with Gasteiger partial charge in [-0.15, -0.1) is 0 Å². The minimum absolute atomic E-state index is 0.198. The first kappa shape index (κ1) is 22.5. The number of hydrogen-bond acceptors (Lipinski definition) is 8. The largest absolute Gasteiger partial charge is 0.538 e. The minimum atomic E-state index is -0.617. The first-order valence-corrected chi connectivity index (χ1v) is 11.6. The van der Waals surface area contributed by atoms with Gasteiger partial charge in [0.2, 0.25) is 17.5 Å². The van der Waals surface area contributed by atoms with Crippen LogP contribution in [-0.4, -0.2) is 28.5 Å². The molecule has 1 amide bonds. The summed E-state index contributed by atoms with van der Waals surface area (Å²) in [5.41, 5.74) is 3.51. The second-order valence-electron chi connectivity index (χ2n) is 7.59. The van der Waals surface area contributed by atoms with Gasteiger partial charge in [0.05, 0.1) is 17.6 Å². The van der Waals surface area contributed by atoms with Gasteiger partial charge in [-0.25, -0.2) is 4.98 Å². The van der Waals surface area contributed by atoms with Crippen molar-refractivity contribution in [2.75, 3.05) is 12.4 Å². The van der Waals surface area contributed by atoms with Gasteiger partial charge >= 0.3 is 0 Å². The van der Waals surface area contributed by atoms with Gasteiger partial charge in [0, 0.05) is 23.4 Å². The number of amides is 1. The molecule has 0 spiro atoms. The highest BCUT2D eigenvalue weighted by Crippen LogP contribution is 2.29. The third kappa shape index (κ3) is 4.69. The highest BCUT2D eigenvalue weighted by Gasteiger charge is 2.26. The van der Waals surface area contributed by atoms with E-state index in [4.69, 9.17) is 13.7 Å². The zero-order valence-electron chi connectivity index (χ0n) is 18.8. The SMILES string of the molecule is COc1ccc(-[n+]2noc([O-])c2SC(C)C(=O)Nc2ccc(-c3nc4ccccc4o3)cc2)cc1. The molecule has 1 atom stereocenters. The van der Waals surface area contributed by atoms with Gasteiger partial charge in [0.15, 0.2) is 11.5 Å². The zero-order valence-corrected chi connectivity index (χ0v) is 19.6. The Kier molecular flexibility index (Phi) is 6.11. The summed E-state index contributed by atoms with van der Waals surface area (Å²) in [6.07, 6.45) is 0. The van der Waals surface area contributed by atoms with E-state index in [0.717, 1.165) is 22.8 Å². The van der Waals surface area contributed by atoms with Gasteiger partial charge in [-0.1, -0.05) is 12.1 Å². The fourth-order valence-corrected chi connectivity index (χ4v) is 4.26. The number of ether oxygens (including phenoxy) is 1. The molecular formula is C25H20N4O5S. The van der Waals surface area contributed by atoms with E-state index >= 15 is 0 Å². The quantitative estimate of drug-likeness (QED) is 0.270. The van der Waals surface area contributed by atoms with E-state index in [9.17, 15) is 9.90 Å². The molecule has 5 aromatic rings. The number of nitrogens with one attached hydrogen (secondary N) is 1. The molecule has 5 rings (SSSR count). The van der Waals surface area contributed by atoms with Crippen molar-refractivity contribution in [3.63, 3.8) is 0 Å². The molecule has 1 unspecified atom stereocenters. The van der Waals surface area contributed by atoms with Crippen molar-refractivity contribution in [3.8, 4) is 28.8 Å². The molecular weight excluding hydrogens is 468 g/mol. The van der Waals surface area contributed by atoms with Gasteiger partial charge < -0.3 is 24.1 Å². The Hall–Kier alpha value is -4.31. The number of para-hydroxylation sites is 2. The van der Waals surface area contributed by atoms with Gasteiger partial charge in [-0.05, 0) is 71.9 Å². The van der Waals surface area contributed by atoms with Gasteiger partial charge in [-0.2, -0.15) is 0 Å². The summed E-state index contributed by atoms with van der Waals surface area (Å²) in [6, 6.07) is 21.7. The van der Waals surface area contributed by atoms with Crippen LogP contribution in [0.1, 0.15) is 6.92 Å². The van der Waals surface area contributed by atoms with Crippen LogP contribution in [-0.2, 0) is 4.79 Å². The van der Waals surface area contributed by atoms with E-state index < -0.39 is 11.2 Å². The minimum Gasteiger partial charge on any atom is -0.538 e. The van der Waals surface area contributed by atoms with Crippen LogP contribution in [0.2, 0.25) is 0 Å². The monoisotopic (exact) mass is 488 g/mol. The van der Waals surface area contributed by atoms with Crippen molar-refractivity contribution in [3.05, 3.63) is 72.8 Å². The van der Waals surface area contributed by atoms with Crippen molar-refractivity contribution < 1.29 is 28.3 Å². The summed E-state index contributed by atoms with van der Waals surface area (Å²) in [7, 11) is 1.57. The Morgan fingerprint density at radius 1 is 1.09 bits per heavy atom. The molecule has 2 heterocycles. The van der Waals surface area contributed by atoms with E-state index in [0.29, 0.717) is 28.6 Å². The topological polar surface area (TPSA) is 117 Å². The number of hydrogen-bond donors (Lipinski definition) is 1. The summed E-state index contributed by atoms with van der Waals surface area (Å²) in [5.74, 6) is 0.287. The van der Waals surface area contributed by atoms with E-state index in [1.807, 2.05) is 36.4 Å². The maximum absolute atomic E-state index is 12.8. The van der Waals surface area contributed by atoms with E-state index in [2.05, 4.69) is 15.6 Å². The van der Waals surface area contributed by atoms with Crippen LogP contribution >= 0.6 is 11.8 Å². The predicted octanol–water partition coefficient (Wildman–Crippen LogP) is 3.96. The van der Waals surface area contributed by atoms with Crippen LogP contribution in [0.15, 0.2) is 86.8 Å². The van der Waals surface area contributed by atoms with Crippen molar-refractivity contribution in [1.29, 1.82) is 0 Å². The second-order valence-corrected chi connectivity index (χ2v) is 8.92. The third-order valence-corrected chi connectivity index (χ3v) is 6.37. The molecule has 1 N–H and O–H groups in total. The molecule has 3 aromatic carbocycles. The van der Waals surface area contributed by atoms with Crippen LogP contribution in [0.3, 0.4) is 0 Å². The number of carbonyl (C=O) groups excluding carboxylic acids is 1. The number of carbonyl (C=O) groups is 1. The molecule has 2 aromatic heterocycles. The van der Waals surface area contributed by atoms with Crippen LogP contribution in [0, 0.1) is 0 Å². The lowest BCUT2D eigenvalue weighted by Crippen LogP contribution is -2.36. The Morgan fingerprint density at radius 2 is 1.83 bits per heavy atom. The van der Waals surface area contributed by atoms with Crippen molar-refractivity contribution in [1.82, 2.24) is 10.3 Å². The normalized spacial score (nSPS) is 11.9. The molecule has 0 bridgehead atoms. The summed E-state index contributed by atoms with van der Waals surface area (Å²) < 4.78 is 17.2. The van der Waals surface area contributed by atoms with E-state index in [-0.39, 0.29) is 10.9 Å². The molecule has 0 aliphatic rings. The Labute approximate surface area is 204 Å². The van der Waals surface area contributed by atoms with Gasteiger partial charge in [-0.3, -0.25) is 4.79 Å². The third-order valence-electron chi connectivity index (χ3n) is 5.24. The average Bonchev–Trinajstić information content (AvgIpc) is 3.48. The number of methoxy groups -OCH3 is 1. The maximum atomic E-state index is 12.8. The lowest BCUT2D eigenvalue weighted by molar-refractivity contribution is -0.705. The molecule has 0 aliphatic heterocycles. The smallest absolute Gasteiger partial charge is 0.298 e. The number of fused-ring (bicyclic) bond motifs is 1. The highest BCUT2D eigenvalue weighted by atomic mass is 32.2. The highest BCUT2D eigenvalue weighted by molar-refractivity contribution is 8.00. The molecule has 35 heavy (non-hydrogen) atoms. The lowest BCUT2D eigenvalue weighted by Gasteiger charge is -2.10. The number of nitrogens with zero attached hydrogens (tertiary/aromatic N) is 3. The average molecular weight is 489 g/mol. The molecule has 0 radical (unpaired) electrons. The Balaban J connectivity index is 1.27. The fourth-order valence-electron chi connectivity index (χ4n) is 3.38. The Morgan fingerprint density at radius 3 is 2.54 bits per heavy atom. The molecule has 10 heteroatoms. The maximum Gasteiger partial charge on any atom is 0.298 e. The molecule has 9 nitrogen and oxygen atoms in total. The number of aromatic nitrogens is 3. The number of benzene rings is 3. The number of anilines is 1. The van der Waals surface area contributed by atoms with Crippen molar-refractivity contribution >= 4 is 34.5 Å². The summed E-state index contributed by atoms with van der Waals surface area (Å²) in [5, 5.41) is 18.5. The van der Waals surface area contributed by atoms with Crippen molar-refractivity contribution in [2.24, 2.45) is 0 Å². The predicted molar refractivity (Wildman–Crippen MR) is 127 cm³/mol. The number of oxazole rings is 1. The summed E-state index contributed by atoms with van der Waals surface area (Å²) >= 11 is 1.06. The second kappa shape index (κ2) is 9.51. The number of rotatable bonds is 7. The van der Waals surface area contributed by atoms with E-state index in [1.54, 1.807) is 50.4 Å². The first-order chi connectivity index (χ1) is 17.0.